The molecule has 2 bridgehead atoms. The zero-order valence-corrected chi connectivity index (χ0v) is 15.4. The molecule has 1 aromatic carbocycles. The average molecular weight is 354 g/mol. The van der Waals surface area contributed by atoms with Gasteiger partial charge in [-0.25, -0.2) is 0 Å². The fourth-order valence-corrected chi connectivity index (χ4v) is 4.47. The van der Waals surface area contributed by atoms with E-state index in [9.17, 15) is 4.79 Å². The minimum atomic E-state index is -0.0657. The van der Waals surface area contributed by atoms with Crippen LogP contribution >= 0.6 is 0 Å². The molecule has 4 unspecified atom stereocenters. The summed E-state index contributed by atoms with van der Waals surface area (Å²) in [6, 6.07) is 7.51. The van der Waals surface area contributed by atoms with E-state index in [1.54, 1.807) is 31.4 Å². The van der Waals surface area contributed by atoms with Crippen LogP contribution in [-0.4, -0.2) is 25.7 Å². The molecule has 0 aliphatic heterocycles. The lowest BCUT2D eigenvalue weighted by Crippen LogP contribution is -2.39. The van der Waals surface area contributed by atoms with Crippen LogP contribution in [0.15, 0.2) is 24.3 Å². The van der Waals surface area contributed by atoms with Gasteiger partial charge in [-0.3, -0.25) is 4.79 Å². The summed E-state index contributed by atoms with van der Waals surface area (Å²) >= 11 is 0. The molecular weight excluding hydrogens is 328 g/mol. The number of amides is 1. The van der Waals surface area contributed by atoms with Crippen LogP contribution in [0.1, 0.15) is 38.2 Å². The van der Waals surface area contributed by atoms with E-state index in [0.717, 1.165) is 17.4 Å². The van der Waals surface area contributed by atoms with Gasteiger partial charge in [0.1, 0.15) is 6.07 Å². The number of nitrogens with zero attached hydrogens (tertiary/aromatic N) is 1. The number of carbonyl (C=O) groups is 1. The van der Waals surface area contributed by atoms with Gasteiger partial charge in [-0.05, 0) is 67.7 Å². The zero-order chi connectivity index (χ0) is 18.5. The van der Waals surface area contributed by atoms with Gasteiger partial charge in [-0.2, -0.15) is 5.26 Å². The zero-order valence-electron chi connectivity index (χ0n) is 15.4. The molecule has 26 heavy (non-hydrogen) atoms. The van der Waals surface area contributed by atoms with Crippen LogP contribution in [0.4, 0.5) is 0 Å². The Morgan fingerprint density at radius 3 is 2.88 bits per heavy atom. The maximum Gasteiger partial charge on any atom is 0.244 e. The Bertz CT molecular complexity index is 722. The lowest BCUT2D eigenvalue weighted by molar-refractivity contribution is -0.117. The van der Waals surface area contributed by atoms with E-state index in [2.05, 4.69) is 12.2 Å². The molecule has 0 saturated heterocycles. The first-order valence-electron chi connectivity index (χ1n) is 9.27. The van der Waals surface area contributed by atoms with E-state index in [1.165, 1.54) is 25.7 Å². The summed E-state index contributed by atoms with van der Waals surface area (Å²) in [4.78, 5) is 12.3. The summed E-state index contributed by atoms with van der Waals surface area (Å²) in [5.41, 5.74) is 0.842. The molecule has 2 aliphatic rings. The van der Waals surface area contributed by atoms with E-state index < -0.39 is 0 Å². The van der Waals surface area contributed by atoms with Crippen LogP contribution in [0, 0.1) is 29.1 Å². The van der Waals surface area contributed by atoms with Crippen LogP contribution in [-0.2, 0) is 4.79 Å². The van der Waals surface area contributed by atoms with E-state index >= 15 is 0 Å². The van der Waals surface area contributed by atoms with Gasteiger partial charge in [0.2, 0.25) is 5.91 Å². The molecule has 2 saturated carbocycles. The van der Waals surface area contributed by atoms with Crippen molar-refractivity contribution in [3.63, 3.8) is 0 Å². The first kappa shape index (κ1) is 18.3. The van der Waals surface area contributed by atoms with E-state index in [0.29, 0.717) is 17.4 Å². The molecule has 1 N–H and O–H groups in total. The minimum absolute atomic E-state index is 0.0329. The third-order valence-corrected chi connectivity index (χ3v) is 5.71. The molecule has 3 rings (SSSR count). The molecule has 4 atom stereocenters. The topological polar surface area (TPSA) is 71.3 Å². The predicted octanol–water partition coefficient (Wildman–Crippen LogP) is 3.55. The normalized spacial score (nSPS) is 25.0. The summed E-state index contributed by atoms with van der Waals surface area (Å²) in [5.74, 6) is 3.30. The quantitative estimate of drug-likeness (QED) is 0.760. The molecule has 0 aromatic heterocycles. The van der Waals surface area contributed by atoms with E-state index in [-0.39, 0.29) is 18.6 Å². The predicted molar refractivity (Wildman–Crippen MR) is 99.7 cm³/mol. The van der Waals surface area contributed by atoms with Crippen molar-refractivity contribution in [1.82, 2.24) is 5.32 Å². The van der Waals surface area contributed by atoms with Crippen LogP contribution < -0.4 is 14.8 Å². The molecule has 5 heteroatoms. The van der Waals surface area contributed by atoms with Crippen LogP contribution in [0.3, 0.4) is 0 Å². The number of carbonyl (C=O) groups excluding carboxylic acids is 1. The molecule has 138 valence electrons. The van der Waals surface area contributed by atoms with Crippen molar-refractivity contribution in [2.45, 2.75) is 38.6 Å². The van der Waals surface area contributed by atoms with Crippen molar-refractivity contribution < 1.29 is 14.3 Å². The second-order valence-electron chi connectivity index (χ2n) is 7.33. The summed E-state index contributed by atoms with van der Waals surface area (Å²) in [6.07, 6.45) is 8.63. The fraction of sp³-hybridized carbons (Fsp3) is 0.524. The lowest BCUT2D eigenvalue weighted by Gasteiger charge is -2.28. The highest BCUT2D eigenvalue weighted by atomic mass is 16.5. The van der Waals surface area contributed by atoms with Crippen LogP contribution in [0.25, 0.3) is 6.08 Å². The maximum absolute atomic E-state index is 12.3. The van der Waals surface area contributed by atoms with E-state index in [4.69, 9.17) is 14.7 Å². The number of benzene rings is 1. The summed E-state index contributed by atoms with van der Waals surface area (Å²) in [5, 5.41) is 11.7. The van der Waals surface area contributed by atoms with Gasteiger partial charge in [0.15, 0.2) is 18.1 Å². The van der Waals surface area contributed by atoms with Crippen LogP contribution in [0.5, 0.6) is 11.5 Å². The number of fused-ring (bicyclic) bond motifs is 2. The SMILES string of the molecule is COc1cc(C=CC(=O)NC(C)C2CC3CCC2C3)ccc1OCC#N. The summed E-state index contributed by atoms with van der Waals surface area (Å²) in [6.45, 7) is 2.09. The Balaban J connectivity index is 1.56. The standard InChI is InChI=1S/C21H26N2O3/c1-14(18-12-16-3-6-17(18)11-16)23-21(24)8-5-15-4-7-19(26-10-9-22)20(13-15)25-2/h4-5,7-8,13-14,16-18H,3,6,10-12H2,1-2H3,(H,23,24). The lowest BCUT2D eigenvalue weighted by atomic mass is 9.84. The Kier molecular flexibility index (Phi) is 5.82. The summed E-state index contributed by atoms with van der Waals surface area (Å²) < 4.78 is 10.6. The largest absolute Gasteiger partial charge is 0.493 e. The molecule has 0 spiro atoms. The highest BCUT2D eigenvalue weighted by Crippen LogP contribution is 2.49. The smallest absolute Gasteiger partial charge is 0.244 e. The van der Waals surface area contributed by atoms with Gasteiger partial charge < -0.3 is 14.8 Å². The monoisotopic (exact) mass is 354 g/mol. The first-order chi connectivity index (χ1) is 12.6. The maximum atomic E-state index is 12.3. The van der Waals surface area contributed by atoms with Gasteiger partial charge in [0.05, 0.1) is 7.11 Å². The Morgan fingerprint density at radius 2 is 2.23 bits per heavy atom. The number of hydrogen-bond acceptors (Lipinski definition) is 4. The highest BCUT2D eigenvalue weighted by Gasteiger charge is 2.41. The number of nitriles is 1. The first-order valence-corrected chi connectivity index (χ1v) is 9.27. The molecular formula is C21H26N2O3. The molecule has 1 amide bonds. The van der Waals surface area contributed by atoms with Crippen molar-refractivity contribution in [1.29, 1.82) is 5.26 Å². The van der Waals surface area contributed by atoms with Gasteiger partial charge >= 0.3 is 0 Å². The number of nitrogens with one attached hydrogen (secondary N) is 1. The van der Waals surface area contributed by atoms with Crippen molar-refractivity contribution >= 4 is 12.0 Å². The molecule has 5 nitrogen and oxygen atoms in total. The van der Waals surface area contributed by atoms with Gasteiger partial charge in [-0.1, -0.05) is 12.5 Å². The number of hydrogen-bond donors (Lipinski definition) is 1. The molecule has 0 heterocycles. The summed E-state index contributed by atoms with van der Waals surface area (Å²) in [7, 11) is 1.55. The van der Waals surface area contributed by atoms with Gasteiger partial charge in [-0.15, -0.1) is 0 Å². The average Bonchev–Trinajstić information content (AvgIpc) is 3.28. The van der Waals surface area contributed by atoms with Crippen molar-refractivity contribution in [3.05, 3.63) is 29.8 Å². The number of methoxy groups -OCH3 is 1. The van der Waals surface area contributed by atoms with Gasteiger partial charge in [0.25, 0.3) is 0 Å². The van der Waals surface area contributed by atoms with Crippen molar-refractivity contribution in [3.8, 4) is 17.6 Å². The fourth-order valence-electron chi connectivity index (χ4n) is 4.47. The van der Waals surface area contributed by atoms with Crippen LogP contribution in [0.2, 0.25) is 0 Å². The van der Waals surface area contributed by atoms with Gasteiger partial charge in [0, 0.05) is 12.1 Å². The van der Waals surface area contributed by atoms with E-state index in [1.807, 2.05) is 12.1 Å². The third-order valence-electron chi connectivity index (χ3n) is 5.71. The molecule has 0 radical (unpaired) electrons. The number of ether oxygens (including phenoxy) is 2. The second kappa shape index (κ2) is 8.27. The molecule has 2 fully saturated rings. The Morgan fingerprint density at radius 1 is 1.38 bits per heavy atom. The highest BCUT2D eigenvalue weighted by molar-refractivity contribution is 5.92. The molecule has 1 aromatic rings. The third kappa shape index (κ3) is 4.19. The second-order valence-corrected chi connectivity index (χ2v) is 7.33. The number of rotatable bonds is 7. The molecule has 2 aliphatic carbocycles. The minimum Gasteiger partial charge on any atom is -0.493 e. The Hall–Kier alpha value is -2.48. The van der Waals surface area contributed by atoms with Crippen molar-refractivity contribution in [2.24, 2.45) is 17.8 Å². The Labute approximate surface area is 155 Å². The van der Waals surface area contributed by atoms with Crippen molar-refractivity contribution in [2.75, 3.05) is 13.7 Å².